The van der Waals surface area contributed by atoms with Gasteiger partial charge in [0.25, 0.3) is 0 Å². The molecule has 0 atom stereocenters. The molecule has 0 aliphatic heterocycles. The monoisotopic (exact) mass is 265 g/mol. The lowest BCUT2D eigenvalue weighted by atomic mass is 10.2. The van der Waals surface area contributed by atoms with E-state index in [4.69, 9.17) is 0 Å². The van der Waals surface area contributed by atoms with Crippen LogP contribution in [0.15, 0.2) is 53.9 Å². The molecule has 1 N–H and O–H groups in total. The van der Waals surface area contributed by atoms with Crippen molar-refractivity contribution in [3.05, 3.63) is 64.4 Å². The van der Waals surface area contributed by atoms with Crippen LogP contribution in [0.3, 0.4) is 0 Å². The Morgan fingerprint density at radius 1 is 1.06 bits per heavy atom. The van der Waals surface area contributed by atoms with E-state index in [0.29, 0.717) is 0 Å². The standard InChI is InChI=1S/C14H15NS.ClH/c1-2-6-13(7-3-1)8-4-10-15-12-14-9-5-11-16-14;/h1-9,11,15H,10,12H2;1H/b8-4+;. The van der Waals surface area contributed by atoms with Crippen molar-refractivity contribution in [3.63, 3.8) is 0 Å². The predicted octanol–water partition coefficient (Wildman–Crippen LogP) is 3.97. The predicted molar refractivity (Wildman–Crippen MR) is 78.7 cm³/mol. The molecule has 1 aromatic carbocycles. The molecule has 90 valence electrons. The fourth-order valence-electron chi connectivity index (χ4n) is 1.45. The Balaban J connectivity index is 0.00000144. The molecule has 0 aliphatic carbocycles. The highest BCUT2D eigenvalue weighted by atomic mass is 35.5. The number of nitrogens with one attached hydrogen (secondary N) is 1. The zero-order chi connectivity index (χ0) is 11.1. The van der Waals surface area contributed by atoms with Crippen LogP contribution < -0.4 is 5.32 Å². The van der Waals surface area contributed by atoms with E-state index in [9.17, 15) is 0 Å². The molecule has 1 nitrogen and oxygen atoms in total. The van der Waals surface area contributed by atoms with Crippen molar-refractivity contribution in [2.75, 3.05) is 6.54 Å². The van der Waals surface area contributed by atoms with Crippen LogP contribution in [-0.2, 0) is 6.54 Å². The molecule has 0 spiro atoms. The highest BCUT2D eigenvalue weighted by Gasteiger charge is 1.90. The molecular formula is C14H16ClNS. The van der Waals surface area contributed by atoms with Gasteiger partial charge in [-0.25, -0.2) is 0 Å². The Bertz CT molecular complexity index is 423. The molecule has 0 saturated carbocycles. The maximum Gasteiger partial charge on any atom is 0.0302 e. The van der Waals surface area contributed by atoms with Gasteiger partial charge in [-0.15, -0.1) is 23.7 Å². The van der Waals surface area contributed by atoms with Crippen LogP contribution in [0.5, 0.6) is 0 Å². The van der Waals surface area contributed by atoms with Crippen LogP contribution in [-0.4, -0.2) is 6.54 Å². The molecule has 1 heterocycles. The van der Waals surface area contributed by atoms with E-state index in [-0.39, 0.29) is 12.4 Å². The van der Waals surface area contributed by atoms with Crippen LogP contribution in [0.1, 0.15) is 10.4 Å². The number of hydrogen-bond donors (Lipinski definition) is 1. The lowest BCUT2D eigenvalue weighted by molar-refractivity contribution is 0.771. The zero-order valence-corrected chi connectivity index (χ0v) is 11.1. The van der Waals surface area contributed by atoms with Gasteiger partial charge in [-0.05, 0) is 17.0 Å². The van der Waals surface area contributed by atoms with Crippen LogP contribution in [0.2, 0.25) is 0 Å². The Morgan fingerprint density at radius 3 is 2.59 bits per heavy atom. The lowest BCUT2D eigenvalue weighted by Crippen LogP contribution is -2.11. The van der Waals surface area contributed by atoms with Gasteiger partial charge in [0.05, 0.1) is 0 Å². The summed E-state index contributed by atoms with van der Waals surface area (Å²) in [6, 6.07) is 14.6. The first-order chi connectivity index (χ1) is 7.95. The molecule has 0 saturated heterocycles. The van der Waals surface area contributed by atoms with Crippen molar-refractivity contribution in [3.8, 4) is 0 Å². The smallest absolute Gasteiger partial charge is 0.0302 e. The molecular weight excluding hydrogens is 250 g/mol. The second-order valence-electron chi connectivity index (χ2n) is 3.52. The highest BCUT2D eigenvalue weighted by Crippen LogP contribution is 2.07. The Hall–Kier alpha value is -1.09. The fourth-order valence-corrected chi connectivity index (χ4v) is 2.13. The lowest BCUT2D eigenvalue weighted by Gasteiger charge is -1.97. The van der Waals surface area contributed by atoms with Crippen LogP contribution in [0.25, 0.3) is 6.08 Å². The van der Waals surface area contributed by atoms with E-state index in [2.05, 4.69) is 59.2 Å². The van der Waals surface area contributed by atoms with Crippen LogP contribution >= 0.6 is 23.7 Å². The van der Waals surface area contributed by atoms with Gasteiger partial charge >= 0.3 is 0 Å². The van der Waals surface area contributed by atoms with Crippen LogP contribution in [0.4, 0.5) is 0 Å². The van der Waals surface area contributed by atoms with E-state index < -0.39 is 0 Å². The van der Waals surface area contributed by atoms with Crippen molar-refractivity contribution in [1.82, 2.24) is 5.32 Å². The van der Waals surface area contributed by atoms with Gasteiger partial charge in [0.15, 0.2) is 0 Å². The van der Waals surface area contributed by atoms with Crippen molar-refractivity contribution in [2.45, 2.75) is 6.54 Å². The van der Waals surface area contributed by atoms with Gasteiger partial charge in [0.1, 0.15) is 0 Å². The molecule has 2 rings (SSSR count). The third-order valence-corrected chi connectivity index (χ3v) is 3.13. The highest BCUT2D eigenvalue weighted by molar-refractivity contribution is 7.09. The molecule has 2 aromatic rings. The Kier molecular flexibility index (Phi) is 6.63. The summed E-state index contributed by atoms with van der Waals surface area (Å²) in [6.45, 7) is 1.86. The SMILES string of the molecule is C(=C\c1ccccc1)/CNCc1cccs1.Cl. The van der Waals surface area contributed by atoms with Gasteiger partial charge in [-0.1, -0.05) is 48.6 Å². The minimum Gasteiger partial charge on any atom is -0.308 e. The van der Waals surface area contributed by atoms with Gasteiger partial charge < -0.3 is 5.32 Å². The third-order valence-electron chi connectivity index (χ3n) is 2.25. The summed E-state index contributed by atoms with van der Waals surface area (Å²) >= 11 is 1.79. The molecule has 0 unspecified atom stereocenters. The third kappa shape index (κ3) is 5.18. The maximum atomic E-state index is 3.38. The summed E-state index contributed by atoms with van der Waals surface area (Å²) in [7, 11) is 0. The van der Waals surface area contributed by atoms with Gasteiger partial charge in [-0.3, -0.25) is 0 Å². The number of rotatable bonds is 5. The number of hydrogen-bond acceptors (Lipinski definition) is 2. The molecule has 0 radical (unpaired) electrons. The Morgan fingerprint density at radius 2 is 1.88 bits per heavy atom. The molecule has 1 aromatic heterocycles. The average Bonchev–Trinajstić information content (AvgIpc) is 2.83. The quantitative estimate of drug-likeness (QED) is 0.807. The maximum absolute atomic E-state index is 3.38. The second-order valence-corrected chi connectivity index (χ2v) is 4.56. The zero-order valence-electron chi connectivity index (χ0n) is 9.50. The van der Waals surface area contributed by atoms with E-state index >= 15 is 0 Å². The Labute approximate surface area is 113 Å². The minimum atomic E-state index is 0. The number of thiophene rings is 1. The van der Waals surface area contributed by atoms with E-state index in [1.54, 1.807) is 11.3 Å². The summed E-state index contributed by atoms with van der Waals surface area (Å²) in [5, 5.41) is 5.49. The first kappa shape index (κ1) is 14.0. The summed E-state index contributed by atoms with van der Waals surface area (Å²) in [5.74, 6) is 0. The molecule has 0 bridgehead atoms. The van der Waals surface area contributed by atoms with Crippen molar-refractivity contribution in [1.29, 1.82) is 0 Å². The first-order valence-electron chi connectivity index (χ1n) is 5.40. The number of halogens is 1. The van der Waals surface area contributed by atoms with Crippen molar-refractivity contribution in [2.24, 2.45) is 0 Å². The number of benzene rings is 1. The second kappa shape index (κ2) is 8.07. The molecule has 17 heavy (non-hydrogen) atoms. The van der Waals surface area contributed by atoms with Gasteiger partial charge in [0, 0.05) is 18.0 Å². The normalized spacial score (nSPS) is 10.4. The van der Waals surface area contributed by atoms with Gasteiger partial charge in [0.2, 0.25) is 0 Å². The van der Waals surface area contributed by atoms with E-state index in [0.717, 1.165) is 13.1 Å². The first-order valence-corrected chi connectivity index (χ1v) is 6.28. The van der Waals surface area contributed by atoms with Crippen molar-refractivity contribution < 1.29 is 0 Å². The summed E-state index contributed by atoms with van der Waals surface area (Å²) < 4.78 is 0. The average molecular weight is 266 g/mol. The molecule has 0 amide bonds. The van der Waals surface area contributed by atoms with E-state index in [1.165, 1.54) is 10.4 Å². The summed E-state index contributed by atoms with van der Waals surface area (Å²) in [4.78, 5) is 1.38. The van der Waals surface area contributed by atoms with Crippen LogP contribution in [0, 0.1) is 0 Å². The molecule has 0 fully saturated rings. The van der Waals surface area contributed by atoms with E-state index in [1.807, 2.05) is 6.07 Å². The minimum absolute atomic E-state index is 0. The fraction of sp³-hybridized carbons (Fsp3) is 0.143. The summed E-state index contributed by atoms with van der Waals surface area (Å²) in [5.41, 5.74) is 1.25. The summed E-state index contributed by atoms with van der Waals surface area (Å²) in [6.07, 6.45) is 4.30. The topological polar surface area (TPSA) is 12.0 Å². The molecule has 3 heteroatoms. The van der Waals surface area contributed by atoms with Gasteiger partial charge in [-0.2, -0.15) is 0 Å². The molecule has 0 aliphatic rings. The largest absolute Gasteiger partial charge is 0.308 e. The van der Waals surface area contributed by atoms with Crippen molar-refractivity contribution >= 4 is 29.8 Å².